The summed E-state index contributed by atoms with van der Waals surface area (Å²) in [6.45, 7) is 16.5. The van der Waals surface area contributed by atoms with Crippen LogP contribution in [0.25, 0.3) is 0 Å². The molecule has 0 aliphatic heterocycles. The number of benzene rings is 2. The van der Waals surface area contributed by atoms with Crippen LogP contribution < -0.4 is 41.4 Å². The minimum Gasteiger partial charge on any atom is -0.490 e. The van der Waals surface area contributed by atoms with E-state index in [1.807, 2.05) is 55.6 Å². The molecule has 0 heterocycles. The molecule has 302 valence electrons. The Morgan fingerprint density at radius 2 is 1.06 bits per heavy atom. The topological polar surface area (TPSA) is 187 Å². The van der Waals surface area contributed by atoms with E-state index in [2.05, 4.69) is 71.9 Å². The van der Waals surface area contributed by atoms with Gasteiger partial charge in [0.15, 0.2) is 16.6 Å². The number of carbonyl (C=O) groups is 4. The van der Waals surface area contributed by atoms with E-state index in [9.17, 15) is 19.2 Å². The zero-order valence-electron chi connectivity index (χ0n) is 33.3. The highest BCUT2D eigenvalue weighted by Gasteiger charge is 2.32. The van der Waals surface area contributed by atoms with Gasteiger partial charge in [-0.25, -0.2) is 14.4 Å². The summed E-state index contributed by atoms with van der Waals surface area (Å²) >= 11 is 0. The van der Waals surface area contributed by atoms with Crippen LogP contribution in [0.3, 0.4) is 0 Å². The Balaban J connectivity index is 1.61. The molecule has 17 heteroatoms. The van der Waals surface area contributed by atoms with Crippen molar-refractivity contribution in [3.63, 3.8) is 0 Å². The summed E-state index contributed by atoms with van der Waals surface area (Å²) in [5.74, 6) is 1.03. The van der Waals surface area contributed by atoms with Crippen molar-refractivity contribution < 1.29 is 42.2 Å². The molecule has 0 spiro atoms. The van der Waals surface area contributed by atoms with Crippen LogP contribution in [0.15, 0.2) is 48.5 Å². The van der Waals surface area contributed by atoms with Crippen molar-refractivity contribution in [1.82, 2.24) is 31.9 Å². The minimum absolute atomic E-state index is 0.00414. The second-order valence-electron chi connectivity index (χ2n) is 14.4. The highest BCUT2D eigenvalue weighted by Crippen LogP contribution is 2.33. The number of hydrogen-bond donors (Lipinski definition) is 6. The summed E-state index contributed by atoms with van der Waals surface area (Å²) in [7, 11) is -1.55. The van der Waals surface area contributed by atoms with E-state index in [-0.39, 0.29) is 57.1 Å². The SMILES string of the molecule is CNCCC[Si](C)(C)O[Si](C)(C)CCCNC(=O)NCNC(=O)OCCOc1ccc(C(C)(C)c2ccc(OCCOC(=O)NCNC(C)=O)cc2)cc1. The maximum absolute atomic E-state index is 12.1. The van der Waals surface area contributed by atoms with Gasteiger partial charge >= 0.3 is 18.2 Å². The third-order valence-corrected chi connectivity index (χ3v) is 15.9. The van der Waals surface area contributed by atoms with Crippen LogP contribution in [-0.2, 0) is 23.8 Å². The first-order valence-electron chi connectivity index (χ1n) is 18.4. The van der Waals surface area contributed by atoms with Gasteiger partial charge in [-0.05, 0) is 100 Å². The first-order chi connectivity index (χ1) is 25.5. The highest BCUT2D eigenvalue weighted by atomic mass is 28.4. The molecular weight excluding hydrogens is 729 g/mol. The van der Waals surface area contributed by atoms with E-state index >= 15 is 0 Å². The maximum atomic E-state index is 12.1. The largest absolute Gasteiger partial charge is 0.490 e. The van der Waals surface area contributed by atoms with Crippen molar-refractivity contribution in [3.8, 4) is 11.5 Å². The van der Waals surface area contributed by atoms with Gasteiger partial charge in [0, 0.05) is 18.9 Å². The summed E-state index contributed by atoms with van der Waals surface area (Å²) in [6, 6.07) is 17.2. The molecule has 5 amide bonds. The van der Waals surface area contributed by atoms with E-state index in [1.165, 1.54) is 6.92 Å². The number of amides is 5. The fourth-order valence-electron chi connectivity index (χ4n) is 5.55. The van der Waals surface area contributed by atoms with Gasteiger partial charge in [0.25, 0.3) is 0 Å². The first kappa shape index (κ1) is 45.8. The van der Waals surface area contributed by atoms with Crippen molar-refractivity contribution >= 4 is 40.8 Å². The molecule has 54 heavy (non-hydrogen) atoms. The van der Waals surface area contributed by atoms with E-state index in [0.717, 1.165) is 42.6 Å². The molecule has 0 aliphatic rings. The molecule has 2 rings (SSSR count). The molecule has 2 aromatic rings. The van der Waals surface area contributed by atoms with Crippen molar-refractivity contribution in [3.05, 3.63) is 59.7 Å². The lowest BCUT2D eigenvalue weighted by Crippen LogP contribution is -2.45. The number of carbonyl (C=O) groups excluding carboxylic acids is 4. The number of nitrogens with one attached hydrogen (secondary N) is 6. The zero-order valence-corrected chi connectivity index (χ0v) is 35.3. The summed E-state index contributed by atoms with van der Waals surface area (Å²) < 4.78 is 28.2. The average molecular weight is 791 g/mol. The molecule has 0 saturated carbocycles. The van der Waals surface area contributed by atoms with Gasteiger partial charge in [-0.15, -0.1) is 0 Å². The third kappa shape index (κ3) is 19.1. The fourth-order valence-corrected chi connectivity index (χ4v) is 14.4. The van der Waals surface area contributed by atoms with Crippen LogP contribution in [0.2, 0.25) is 38.3 Å². The monoisotopic (exact) mass is 790 g/mol. The lowest BCUT2D eigenvalue weighted by Gasteiger charge is -2.34. The number of hydrogen-bond acceptors (Lipinski definition) is 10. The maximum Gasteiger partial charge on any atom is 0.408 e. The Hall–Kier alpha value is -4.33. The predicted molar refractivity (Wildman–Crippen MR) is 214 cm³/mol. The van der Waals surface area contributed by atoms with Crippen LogP contribution in [0.5, 0.6) is 11.5 Å². The highest BCUT2D eigenvalue weighted by molar-refractivity contribution is 6.84. The summed E-state index contributed by atoms with van der Waals surface area (Å²) in [4.78, 5) is 46.6. The van der Waals surface area contributed by atoms with Gasteiger partial charge < -0.3 is 55.0 Å². The molecule has 0 bridgehead atoms. The molecule has 0 aliphatic carbocycles. The summed E-state index contributed by atoms with van der Waals surface area (Å²) in [6.07, 6.45) is 0.657. The quantitative estimate of drug-likeness (QED) is 0.0480. The smallest absolute Gasteiger partial charge is 0.408 e. The molecule has 2 aromatic carbocycles. The van der Waals surface area contributed by atoms with Gasteiger partial charge in [-0.2, -0.15) is 0 Å². The van der Waals surface area contributed by atoms with Gasteiger partial charge in [0.1, 0.15) is 37.9 Å². The Morgan fingerprint density at radius 1 is 0.611 bits per heavy atom. The first-order valence-corrected chi connectivity index (χ1v) is 24.6. The summed E-state index contributed by atoms with van der Waals surface area (Å²) in [5, 5.41) is 16.0. The Kier molecular flexibility index (Phi) is 19.9. The van der Waals surface area contributed by atoms with Crippen molar-refractivity contribution in [2.45, 2.75) is 77.3 Å². The van der Waals surface area contributed by atoms with Crippen LogP contribution in [0, 0.1) is 0 Å². The van der Waals surface area contributed by atoms with E-state index in [4.69, 9.17) is 23.1 Å². The third-order valence-electron chi connectivity index (χ3n) is 8.37. The number of alkyl carbamates (subject to hydrolysis) is 2. The van der Waals surface area contributed by atoms with Crippen LogP contribution >= 0.6 is 0 Å². The van der Waals surface area contributed by atoms with Crippen molar-refractivity contribution in [1.29, 1.82) is 0 Å². The molecular formula is C37H62N6O9Si2. The van der Waals surface area contributed by atoms with Crippen LogP contribution in [0.1, 0.15) is 44.7 Å². The van der Waals surface area contributed by atoms with Gasteiger partial charge in [0.2, 0.25) is 5.91 Å². The fraction of sp³-hybridized carbons (Fsp3) is 0.568. The molecule has 0 atom stereocenters. The van der Waals surface area contributed by atoms with Crippen LogP contribution in [0.4, 0.5) is 14.4 Å². The lowest BCUT2D eigenvalue weighted by atomic mass is 9.78. The molecule has 0 saturated heterocycles. The Morgan fingerprint density at radius 3 is 1.50 bits per heavy atom. The molecule has 6 N–H and O–H groups in total. The standard InChI is InChI=1S/C37H62N6O9Si2/c1-29(44)40-27-42-35(46)50-23-21-48-32-15-11-30(12-16-32)37(2,3)31-13-17-33(18-14-31)49-22-24-51-36(47)43-28-41-34(45)39-20-10-26-54(7,8)52-53(5,6)25-9-19-38-4/h11-18,38H,9-10,19-28H2,1-8H3,(H,40,44)(H,42,46)(H,43,47)(H2,39,41,45). The van der Waals surface area contributed by atoms with E-state index in [0.29, 0.717) is 18.0 Å². The summed E-state index contributed by atoms with van der Waals surface area (Å²) in [5.41, 5.74) is 1.84. The number of rotatable bonds is 24. The van der Waals surface area contributed by atoms with E-state index < -0.39 is 28.8 Å². The molecule has 0 aromatic heterocycles. The van der Waals surface area contributed by atoms with Gasteiger partial charge in [-0.1, -0.05) is 38.1 Å². The van der Waals surface area contributed by atoms with Crippen LogP contribution in [-0.4, -0.2) is 101 Å². The Labute approximate surface area is 322 Å². The van der Waals surface area contributed by atoms with Crippen molar-refractivity contribution in [2.75, 3.05) is 59.9 Å². The predicted octanol–water partition coefficient (Wildman–Crippen LogP) is 5.00. The number of urea groups is 1. The van der Waals surface area contributed by atoms with Gasteiger partial charge in [-0.3, -0.25) is 4.79 Å². The number of ether oxygens (including phenoxy) is 4. The molecule has 0 radical (unpaired) electrons. The molecule has 0 fully saturated rings. The minimum atomic E-state index is -1.82. The molecule has 15 nitrogen and oxygen atoms in total. The lowest BCUT2D eigenvalue weighted by molar-refractivity contribution is -0.119. The van der Waals surface area contributed by atoms with Gasteiger partial charge in [0.05, 0.1) is 13.3 Å². The average Bonchev–Trinajstić information content (AvgIpc) is 3.10. The Bertz CT molecular complexity index is 1440. The normalized spacial score (nSPS) is 11.6. The zero-order chi connectivity index (χ0) is 40.0. The molecule has 0 unspecified atom stereocenters. The van der Waals surface area contributed by atoms with Crippen molar-refractivity contribution in [2.24, 2.45) is 0 Å². The second kappa shape index (κ2) is 23.5. The van der Waals surface area contributed by atoms with E-state index in [1.54, 1.807) is 0 Å². The second-order valence-corrected chi connectivity index (χ2v) is 23.3.